The van der Waals surface area contributed by atoms with Crippen molar-refractivity contribution in [1.29, 1.82) is 0 Å². The summed E-state index contributed by atoms with van der Waals surface area (Å²) in [5, 5.41) is 8.71. The van der Waals surface area contributed by atoms with Crippen LogP contribution in [0.15, 0.2) is 11.0 Å². The molecule has 0 bridgehead atoms. The summed E-state index contributed by atoms with van der Waals surface area (Å²) in [5.41, 5.74) is -0.669. The lowest BCUT2D eigenvalue weighted by atomic mass is 10.1. The van der Waals surface area contributed by atoms with Crippen LogP contribution in [0.25, 0.3) is 0 Å². The third-order valence-electron chi connectivity index (χ3n) is 2.39. The van der Waals surface area contributed by atoms with Crippen molar-refractivity contribution < 1.29 is 9.90 Å². The Morgan fingerprint density at radius 2 is 2.29 bits per heavy atom. The summed E-state index contributed by atoms with van der Waals surface area (Å²) in [5.74, 6) is -0.505. The zero-order chi connectivity index (χ0) is 10.1. The van der Waals surface area contributed by atoms with Crippen LogP contribution in [0.3, 0.4) is 0 Å². The van der Waals surface area contributed by atoms with Gasteiger partial charge in [0.1, 0.15) is 11.4 Å². The van der Waals surface area contributed by atoms with Crippen LogP contribution in [0.2, 0.25) is 0 Å². The van der Waals surface area contributed by atoms with Gasteiger partial charge in [-0.05, 0) is 12.8 Å². The van der Waals surface area contributed by atoms with Crippen molar-refractivity contribution >= 4 is 5.97 Å². The van der Waals surface area contributed by atoms with Crippen molar-refractivity contribution in [3.8, 4) is 0 Å². The smallest absolute Gasteiger partial charge is 0.342 e. The number of nitrogens with zero attached hydrogens (tertiary/aromatic N) is 2. The van der Waals surface area contributed by atoms with E-state index in [1.807, 2.05) is 0 Å². The average Bonchev–Trinajstić information content (AvgIpc) is 2.18. The molecule has 0 aliphatic carbocycles. The molecule has 1 aliphatic rings. The van der Waals surface area contributed by atoms with Crippen molar-refractivity contribution in [3.63, 3.8) is 0 Å². The van der Waals surface area contributed by atoms with Gasteiger partial charge in [-0.3, -0.25) is 9.36 Å². The monoisotopic (exact) mass is 194 g/mol. The Balaban J connectivity index is 2.60. The second kappa shape index (κ2) is 3.25. The minimum Gasteiger partial charge on any atom is -0.477 e. The first-order valence-corrected chi connectivity index (χ1v) is 4.52. The number of aromatic nitrogens is 2. The summed E-state index contributed by atoms with van der Waals surface area (Å²) in [6.07, 6.45) is 3.84. The molecule has 0 saturated heterocycles. The van der Waals surface area contributed by atoms with Crippen molar-refractivity contribution in [3.05, 3.63) is 27.9 Å². The predicted octanol–water partition coefficient (Wildman–Crippen LogP) is 0.278. The summed E-state index contributed by atoms with van der Waals surface area (Å²) in [4.78, 5) is 26.2. The molecule has 2 heterocycles. The van der Waals surface area contributed by atoms with Gasteiger partial charge in [0.15, 0.2) is 0 Å². The van der Waals surface area contributed by atoms with Gasteiger partial charge < -0.3 is 5.11 Å². The highest BCUT2D eigenvalue weighted by molar-refractivity contribution is 5.86. The highest BCUT2D eigenvalue weighted by Gasteiger charge is 2.17. The maximum atomic E-state index is 11.6. The Kier molecular flexibility index (Phi) is 2.07. The number of carboxylic acids is 1. The molecule has 0 atom stereocenters. The average molecular weight is 194 g/mol. The van der Waals surface area contributed by atoms with Crippen LogP contribution in [-0.4, -0.2) is 20.6 Å². The van der Waals surface area contributed by atoms with E-state index < -0.39 is 11.5 Å². The van der Waals surface area contributed by atoms with Crippen molar-refractivity contribution in [2.45, 2.75) is 25.8 Å². The van der Waals surface area contributed by atoms with Gasteiger partial charge in [0.25, 0.3) is 5.56 Å². The standard InChI is InChI=1S/C9H10N2O3/c12-8-6(9(13)14)5-10-7-3-1-2-4-11(7)8/h5H,1-4H2,(H,13,14). The summed E-state index contributed by atoms with van der Waals surface area (Å²) in [6, 6.07) is 0. The molecule has 1 N–H and O–H groups in total. The van der Waals surface area contributed by atoms with Gasteiger partial charge in [0, 0.05) is 19.2 Å². The van der Waals surface area contributed by atoms with E-state index in [1.54, 1.807) is 0 Å². The fourth-order valence-corrected chi connectivity index (χ4v) is 1.66. The summed E-state index contributed by atoms with van der Waals surface area (Å²) in [7, 11) is 0. The Morgan fingerprint density at radius 3 is 3.00 bits per heavy atom. The third kappa shape index (κ3) is 1.30. The normalized spacial score (nSPS) is 14.9. The third-order valence-corrected chi connectivity index (χ3v) is 2.39. The predicted molar refractivity (Wildman–Crippen MR) is 48.4 cm³/mol. The summed E-state index contributed by atoms with van der Waals surface area (Å²) < 4.78 is 1.47. The van der Waals surface area contributed by atoms with Crippen LogP contribution in [0.4, 0.5) is 0 Å². The summed E-state index contributed by atoms with van der Waals surface area (Å²) in [6.45, 7) is 0.586. The lowest BCUT2D eigenvalue weighted by Crippen LogP contribution is -2.32. The second-order valence-electron chi connectivity index (χ2n) is 3.31. The van der Waals surface area contributed by atoms with Gasteiger partial charge >= 0.3 is 5.97 Å². The maximum Gasteiger partial charge on any atom is 0.342 e. The number of hydrogen-bond acceptors (Lipinski definition) is 3. The highest BCUT2D eigenvalue weighted by atomic mass is 16.4. The molecule has 1 aromatic rings. The largest absolute Gasteiger partial charge is 0.477 e. The van der Waals surface area contributed by atoms with E-state index in [4.69, 9.17) is 5.11 Å². The molecule has 14 heavy (non-hydrogen) atoms. The molecule has 1 aliphatic heterocycles. The quantitative estimate of drug-likeness (QED) is 0.696. The van der Waals surface area contributed by atoms with Crippen molar-refractivity contribution in [2.24, 2.45) is 0 Å². The molecule has 0 aromatic carbocycles. The molecule has 74 valence electrons. The Hall–Kier alpha value is -1.65. The summed E-state index contributed by atoms with van der Waals surface area (Å²) >= 11 is 0. The molecule has 5 heteroatoms. The van der Waals surface area contributed by atoms with Crippen LogP contribution in [0.5, 0.6) is 0 Å². The minimum absolute atomic E-state index is 0.240. The molecular formula is C9H10N2O3. The van der Waals surface area contributed by atoms with E-state index in [2.05, 4.69) is 4.98 Å². The lowest BCUT2D eigenvalue weighted by Gasteiger charge is -2.16. The van der Waals surface area contributed by atoms with E-state index in [-0.39, 0.29) is 5.56 Å². The first kappa shape index (κ1) is 8.93. The zero-order valence-electron chi connectivity index (χ0n) is 7.56. The van der Waals surface area contributed by atoms with Crippen LogP contribution >= 0.6 is 0 Å². The highest BCUT2D eigenvalue weighted by Crippen LogP contribution is 2.09. The molecular weight excluding hydrogens is 184 g/mol. The Labute approximate surface area is 80.0 Å². The molecule has 5 nitrogen and oxygen atoms in total. The minimum atomic E-state index is -1.21. The van der Waals surface area contributed by atoms with E-state index >= 15 is 0 Å². The van der Waals surface area contributed by atoms with Gasteiger partial charge in [-0.2, -0.15) is 0 Å². The second-order valence-corrected chi connectivity index (χ2v) is 3.31. The van der Waals surface area contributed by atoms with E-state index in [0.29, 0.717) is 12.4 Å². The van der Waals surface area contributed by atoms with Gasteiger partial charge in [-0.15, -0.1) is 0 Å². The van der Waals surface area contributed by atoms with Crippen molar-refractivity contribution in [2.75, 3.05) is 0 Å². The number of carboxylic acid groups (broad SMARTS) is 1. The fraction of sp³-hybridized carbons (Fsp3) is 0.444. The number of rotatable bonds is 1. The van der Waals surface area contributed by atoms with Gasteiger partial charge in [-0.25, -0.2) is 9.78 Å². The Morgan fingerprint density at radius 1 is 1.50 bits per heavy atom. The molecule has 2 rings (SSSR count). The number of aryl methyl sites for hydroxylation is 1. The topological polar surface area (TPSA) is 72.2 Å². The van der Waals surface area contributed by atoms with E-state index in [1.165, 1.54) is 4.57 Å². The molecule has 0 amide bonds. The lowest BCUT2D eigenvalue weighted by molar-refractivity contribution is 0.0693. The number of carbonyl (C=O) groups is 1. The van der Waals surface area contributed by atoms with Gasteiger partial charge in [-0.1, -0.05) is 0 Å². The first-order chi connectivity index (χ1) is 6.70. The van der Waals surface area contributed by atoms with Crippen LogP contribution in [0, 0.1) is 0 Å². The van der Waals surface area contributed by atoms with Gasteiger partial charge in [0.2, 0.25) is 0 Å². The SMILES string of the molecule is O=C(O)c1cnc2n(c1=O)CCCC2. The van der Waals surface area contributed by atoms with Crippen LogP contribution in [-0.2, 0) is 13.0 Å². The fourth-order valence-electron chi connectivity index (χ4n) is 1.66. The number of hydrogen-bond donors (Lipinski definition) is 1. The van der Waals surface area contributed by atoms with E-state index in [0.717, 1.165) is 25.5 Å². The first-order valence-electron chi connectivity index (χ1n) is 4.52. The molecule has 1 aromatic heterocycles. The molecule has 0 saturated carbocycles. The molecule has 0 unspecified atom stereocenters. The van der Waals surface area contributed by atoms with Crippen LogP contribution in [0.1, 0.15) is 29.0 Å². The molecule has 0 spiro atoms. The molecule has 0 fully saturated rings. The van der Waals surface area contributed by atoms with Crippen molar-refractivity contribution in [1.82, 2.24) is 9.55 Å². The Bertz CT molecular complexity index is 436. The zero-order valence-corrected chi connectivity index (χ0v) is 7.56. The number of aromatic carboxylic acids is 1. The number of fused-ring (bicyclic) bond motifs is 1. The van der Waals surface area contributed by atoms with Gasteiger partial charge in [0.05, 0.1) is 0 Å². The molecule has 0 radical (unpaired) electrons. The maximum absolute atomic E-state index is 11.6. The van der Waals surface area contributed by atoms with E-state index in [9.17, 15) is 9.59 Å². The van der Waals surface area contributed by atoms with Crippen LogP contribution < -0.4 is 5.56 Å².